The van der Waals surface area contributed by atoms with Gasteiger partial charge in [-0.2, -0.15) is 0 Å². The molecule has 96 valence electrons. The second-order valence-corrected chi connectivity index (χ2v) is 4.10. The number of hydrogen-bond acceptors (Lipinski definition) is 3. The number of benzene rings is 2. The van der Waals surface area contributed by atoms with Crippen molar-refractivity contribution in [2.24, 2.45) is 0 Å². The van der Waals surface area contributed by atoms with E-state index < -0.39 is 0 Å². The lowest BCUT2D eigenvalue weighted by atomic mass is 10.0. The van der Waals surface area contributed by atoms with Crippen molar-refractivity contribution >= 4 is 18.2 Å². The van der Waals surface area contributed by atoms with Crippen molar-refractivity contribution in [1.82, 2.24) is 0 Å². The number of aromatic hydroxyl groups is 3. The first-order valence-corrected chi connectivity index (χ1v) is 5.75. The molecule has 3 nitrogen and oxygen atoms in total. The lowest BCUT2D eigenvalue weighted by molar-refractivity contribution is 0.449. The van der Waals surface area contributed by atoms with Crippen LogP contribution in [-0.4, -0.2) is 15.3 Å². The van der Waals surface area contributed by atoms with Crippen LogP contribution in [0.25, 0.3) is 18.2 Å². The molecule has 2 aromatic carbocycles. The molecule has 0 unspecified atom stereocenters. The van der Waals surface area contributed by atoms with Crippen molar-refractivity contribution in [3.63, 3.8) is 0 Å². The highest BCUT2D eigenvalue weighted by atomic mass is 16.3. The first-order chi connectivity index (χ1) is 9.10. The Kier molecular flexibility index (Phi) is 3.57. The predicted molar refractivity (Wildman–Crippen MR) is 76.9 cm³/mol. The van der Waals surface area contributed by atoms with Crippen molar-refractivity contribution in [2.75, 3.05) is 0 Å². The summed E-state index contributed by atoms with van der Waals surface area (Å²) in [5.41, 5.74) is 2.13. The zero-order valence-electron chi connectivity index (χ0n) is 10.2. The van der Waals surface area contributed by atoms with Crippen LogP contribution in [0.3, 0.4) is 0 Å². The Morgan fingerprint density at radius 1 is 0.842 bits per heavy atom. The molecule has 19 heavy (non-hydrogen) atoms. The Hall–Kier alpha value is -2.68. The molecule has 0 aliphatic rings. The van der Waals surface area contributed by atoms with Crippen molar-refractivity contribution in [3.8, 4) is 17.2 Å². The highest BCUT2D eigenvalue weighted by Crippen LogP contribution is 2.29. The third kappa shape index (κ3) is 2.96. The van der Waals surface area contributed by atoms with Gasteiger partial charge in [0, 0.05) is 11.6 Å². The van der Waals surface area contributed by atoms with E-state index >= 15 is 0 Å². The Bertz CT molecular complexity index is 625. The molecule has 0 aliphatic carbocycles. The fourth-order valence-electron chi connectivity index (χ4n) is 1.78. The molecule has 0 amide bonds. The number of hydrogen-bond donors (Lipinski definition) is 3. The van der Waals surface area contributed by atoms with Gasteiger partial charge in [0.2, 0.25) is 0 Å². The summed E-state index contributed by atoms with van der Waals surface area (Å²) >= 11 is 0. The standard InChI is InChI=1S/C16H14O3/c1-2-15-12(9-14(18)10-16(15)19)6-3-11-4-7-13(17)8-5-11/h2-10,17-19H,1H2. The first-order valence-electron chi connectivity index (χ1n) is 5.75. The Morgan fingerprint density at radius 3 is 2.16 bits per heavy atom. The molecule has 0 spiro atoms. The van der Waals surface area contributed by atoms with Crippen molar-refractivity contribution in [1.29, 1.82) is 0 Å². The van der Waals surface area contributed by atoms with Gasteiger partial charge in [0.15, 0.2) is 0 Å². The fraction of sp³-hybridized carbons (Fsp3) is 0. The topological polar surface area (TPSA) is 60.7 Å². The summed E-state index contributed by atoms with van der Waals surface area (Å²) in [5, 5.41) is 28.4. The molecule has 0 aliphatic heterocycles. The summed E-state index contributed by atoms with van der Waals surface area (Å²) < 4.78 is 0. The van der Waals surface area contributed by atoms with E-state index in [0.717, 1.165) is 5.56 Å². The minimum absolute atomic E-state index is 0.00606. The van der Waals surface area contributed by atoms with Gasteiger partial charge in [0.1, 0.15) is 17.2 Å². The minimum Gasteiger partial charge on any atom is -0.508 e. The molecule has 2 aromatic rings. The van der Waals surface area contributed by atoms with Gasteiger partial charge in [-0.1, -0.05) is 36.9 Å². The number of phenolic OH excluding ortho intramolecular Hbond substituents is 3. The van der Waals surface area contributed by atoms with E-state index in [1.54, 1.807) is 36.4 Å². The van der Waals surface area contributed by atoms with Gasteiger partial charge >= 0.3 is 0 Å². The molecular formula is C16H14O3. The van der Waals surface area contributed by atoms with Crippen LogP contribution >= 0.6 is 0 Å². The van der Waals surface area contributed by atoms with Crippen LogP contribution in [0.15, 0.2) is 43.0 Å². The maximum atomic E-state index is 9.71. The van der Waals surface area contributed by atoms with E-state index in [9.17, 15) is 15.3 Å². The third-order valence-electron chi connectivity index (χ3n) is 2.73. The minimum atomic E-state index is -0.0136. The van der Waals surface area contributed by atoms with Crippen LogP contribution < -0.4 is 0 Å². The third-order valence-corrected chi connectivity index (χ3v) is 2.73. The van der Waals surface area contributed by atoms with E-state index in [2.05, 4.69) is 6.58 Å². The van der Waals surface area contributed by atoms with Crippen molar-refractivity contribution in [2.45, 2.75) is 0 Å². The van der Waals surface area contributed by atoms with Gasteiger partial charge in [-0.25, -0.2) is 0 Å². The lowest BCUT2D eigenvalue weighted by Gasteiger charge is -2.05. The molecule has 0 aromatic heterocycles. The molecule has 0 atom stereocenters. The molecule has 0 saturated carbocycles. The van der Waals surface area contributed by atoms with Crippen LogP contribution in [0.1, 0.15) is 16.7 Å². The van der Waals surface area contributed by atoms with E-state index in [0.29, 0.717) is 11.1 Å². The average Bonchev–Trinajstić information content (AvgIpc) is 2.37. The van der Waals surface area contributed by atoms with Gasteiger partial charge in [-0.3, -0.25) is 0 Å². The number of rotatable bonds is 3. The second kappa shape index (κ2) is 5.31. The van der Waals surface area contributed by atoms with Gasteiger partial charge in [-0.15, -0.1) is 0 Å². The molecule has 0 heterocycles. The zero-order valence-corrected chi connectivity index (χ0v) is 10.2. The van der Waals surface area contributed by atoms with E-state index in [1.807, 2.05) is 6.08 Å². The van der Waals surface area contributed by atoms with Gasteiger partial charge in [0.05, 0.1) is 0 Å². The highest BCUT2D eigenvalue weighted by molar-refractivity contribution is 5.78. The van der Waals surface area contributed by atoms with E-state index in [1.165, 1.54) is 12.1 Å². The van der Waals surface area contributed by atoms with E-state index in [-0.39, 0.29) is 17.2 Å². The van der Waals surface area contributed by atoms with Crippen LogP contribution in [0, 0.1) is 0 Å². The predicted octanol–water partition coefficient (Wildman–Crippen LogP) is 3.62. The summed E-state index contributed by atoms with van der Waals surface area (Å²) in [6, 6.07) is 9.54. The van der Waals surface area contributed by atoms with Crippen molar-refractivity contribution < 1.29 is 15.3 Å². The molecule has 0 fully saturated rings. The summed E-state index contributed by atoms with van der Waals surface area (Å²) in [6.45, 7) is 3.64. The van der Waals surface area contributed by atoms with Crippen LogP contribution in [0.2, 0.25) is 0 Å². The molecule has 3 heteroatoms. The largest absolute Gasteiger partial charge is 0.508 e. The molecule has 0 bridgehead atoms. The van der Waals surface area contributed by atoms with Gasteiger partial charge < -0.3 is 15.3 Å². The fourth-order valence-corrected chi connectivity index (χ4v) is 1.78. The van der Waals surface area contributed by atoms with Crippen LogP contribution in [0.5, 0.6) is 17.2 Å². The Morgan fingerprint density at radius 2 is 1.53 bits per heavy atom. The van der Waals surface area contributed by atoms with E-state index in [4.69, 9.17) is 0 Å². The van der Waals surface area contributed by atoms with Crippen LogP contribution in [-0.2, 0) is 0 Å². The molecule has 3 N–H and O–H groups in total. The lowest BCUT2D eigenvalue weighted by Crippen LogP contribution is -1.82. The summed E-state index contributed by atoms with van der Waals surface area (Å²) in [4.78, 5) is 0. The number of phenols is 3. The molecular weight excluding hydrogens is 240 g/mol. The second-order valence-electron chi connectivity index (χ2n) is 4.10. The maximum absolute atomic E-state index is 9.71. The molecule has 0 saturated heterocycles. The summed E-state index contributed by atoms with van der Waals surface area (Å²) in [7, 11) is 0. The quantitative estimate of drug-likeness (QED) is 0.733. The highest BCUT2D eigenvalue weighted by Gasteiger charge is 2.04. The molecule has 0 radical (unpaired) electrons. The average molecular weight is 254 g/mol. The summed E-state index contributed by atoms with van der Waals surface area (Å²) in [6.07, 6.45) is 5.12. The SMILES string of the molecule is C=Cc1c(O)cc(O)cc1C=Cc1ccc(O)cc1. The van der Waals surface area contributed by atoms with Crippen LogP contribution in [0.4, 0.5) is 0 Å². The molecule has 2 rings (SSSR count). The summed E-state index contributed by atoms with van der Waals surface area (Å²) in [5.74, 6) is 0.188. The maximum Gasteiger partial charge on any atom is 0.127 e. The Labute approximate surface area is 111 Å². The first kappa shape index (κ1) is 12.8. The monoisotopic (exact) mass is 254 g/mol. The van der Waals surface area contributed by atoms with Crippen molar-refractivity contribution in [3.05, 3.63) is 59.7 Å². The zero-order chi connectivity index (χ0) is 13.8. The van der Waals surface area contributed by atoms with Gasteiger partial charge in [-0.05, 0) is 29.3 Å². The normalized spacial score (nSPS) is 10.7. The Balaban J connectivity index is 2.37. The smallest absolute Gasteiger partial charge is 0.127 e. The van der Waals surface area contributed by atoms with Gasteiger partial charge in [0.25, 0.3) is 0 Å².